The summed E-state index contributed by atoms with van der Waals surface area (Å²) in [6.07, 6.45) is -2.43. The smallest absolute Gasteiger partial charge is 0.375 e. The van der Waals surface area contributed by atoms with E-state index < -0.39 is 11.7 Å². The number of nitrogens with zero attached hydrogens (tertiary/aromatic N) is 3. The first-order chi connectivity index (χ1) is 14.3. The third-order valence-corrected chi connectivity index (χ3v) is 5.73. The Hall–Kier alpha value is -2.65. The van der Waals surface area contributed by atoms with Crippen molar-refractivity contribution in [2.75, 3.05) is 18.0 Å². The average Bonchev–Trinajstić information content (AvgIpc) is 3.28. The Kier molecular flexibility index (Phi) is 5.66. The Morgan fingerprint density at radius 2 is 1.93 bits per heavy atom. The van der Waals surface area contributed by atoms with Crippen molar-refractivity contribution in [1.29, 1.82) is 0 Å². The molecule has 0 aliphatic carbocycles. The van der Waals surface area contributed by atoms with Gasteiger partial charge in [-0.15, -0.1) is 0 Å². The van der Waals surface area contributed by atoms with Crippen LogP contribution in [0.4, 0.5) is 18.9 Å². The summed E-state index contributed by atoms with van der Waals surface area (Å²) in [4.78, 5) is 4.51. The molecule has 5 nitrogen and oxygen atoms in total. The Morgan fingerprint density at radius 3 is 2.57 bits per heavy atom. The molecule has 2 aromatic carbocycles. The first-order valence-electron chi connectivity index (χ1n) is 9.65. The number of alkyl halides is 3. The Balaban J connectivity index is 1.50. The summed E-state index contributed by atoms with van der Waals surface area (Å²) < 4.78 is 40.9. The molecule has 0 aromatic heterocycles. The van der Waals surface area contributed by atoms with Gasteiger partial charge in [-0.1, -0.05) is 36.4 Å². The summed E-state index contributed by atoms with van der Waals surface area (Å²) in [5, 5.41) is 3.56. The normalized spacial score (nSPS) is 21.5. The van der Waals surface area contributed by atoms with Gasteiger partial charge in [0.15, 0.2) is 5.11 Å². The number of halogens is 3. The lowest BCUT2D eigenvalue weighted by Gasteiger charge is -2.36. The molecular formula is C21H22F3N5S. The van der Waals surface area contributed by atoms with Gasteiger partial charge in [-0.05, 0) is 36.3 Å². The Labute approximate surface area is 178 Å². The van der Waals surface area contributed by atoms with E-state index in [-0.39, 0.29) is 16.7 Å². The van der Waals surface area contributed by atoms with Gasteiger partial charge in [-0.25, -0.2) is 0 Å². The van der Waals surface area contributed by atoms with E-state index >= 15 is 0 Å². The molecule has 4 rings (SSSR count). The maximum absolute atomic E-state index is 13.6. The minimum absolute atomic E-state index is 0.0370. The van der Waals surface area contributed by atoms with Crippen LogP contribution in [0.5, 0.6) is 0 Å². The molecule has 30 heavy (non-hydrogen) atoms. The highest BCUT2D eigenvalue weighted by Gasteiger charge is 2.43. The number of hydrazone groups is 1. The van der Waals surface area contributed by atoms with Gasteiger partial charge < -0.3 is 10.6 Å². The van der Waals surface area contributed by atoms with Crippen LogP contribution < -0.4 is 16.1 Å². The Morgan fingerprint density at radius 1 is 1.17 bits per heavy atom. The quantitative estimate of drug-likeness (QED) is 0.430. The topological polar surface area (TPSA) is 56.9 Å². The standard InChI is InChI=1S/C21H22F3N5S/c22-21(23,24)19-9-16(7-6-15(19)10-26-27-20(25)30)29-13-17-8-18(29)12-28(17)11-14-4-2-1-3-5-14/h1-7,9-10,17-18H,8,11-13H2,(H3,25,27,30). The number of nitrogens with two attached hydrogens (primary N) is 1. The zero-order valence-electron chi connectivity index (χ0n) is 16.1. The number of nitrogens with one attached hydrogen (secondary N) is 1. The summed E-state index contributed by atoms with van der Waals surface area (Å²) in [6.45, 7) is 2.45. The molecule has 2 heterocycles. The largest absolute Gasteiger partial charge is 0.417 e. The van der Waals surface area contributed by atoms with Crippen molar-refractivity contribution in [3.05, 3.63) is 65.2 Å². The number of benzene rings is 2. The van der Waals surface area contributed by atoms with Crippen LogP contribution in [0.3, 0.4) is 0 Å². The lowest BCUT2D eigenvalue weighted by molar-refractivity contribution is -0.137. The van der Waals surface area contributed by atoms with E-state index in [1.807, 2.05) is 18.2 Å². The fourth-order valence-electron chi connectivity index (χ4n) is 4.32. The maximum atomic E-state index is 13.6. The van der Waals surface area contributed by atoms with Crippen molar-refractivity contribution in [2.24, 2.45) is 10.8 Å². The minimum atomic E-state index is -4.49. The summed E-state index contributed by atoms with van der Waals surface area (Å²) in [5.41, 5.74) is 8.62. The van der Waals surface area contributed by atoms with E-state index in [9.17, 15) is 13.2 Å². The maximum Gasteiger partial charge on any atom is 0.417 e. The molecule has 0 spiro atoms. The van der Waals surface area contributed by atoms with E-state index in [4.69, 9.17) is 5.73 Å². The highest BCUT2D eigenvalue weighted by atomic mass is 32.1. The average molecular weight is 434 g/mol. The van der Waals surface area contributed by atoms with Gasteiger partial charge in [0.05, 0.1) is 11.8 Å². The Bertz CT molecular complexity index is 947. The van der Waals surface area contributed by atoms with Crippen molar-refractivity contribution < 1.29 is 13.2 Å². The number of fused-ring (bicyclic) bond motifs is 2. The van der Waals surface area contributed by atoms with Crippen molar-refractivity contribution in [3.63, 3.8) is 0 Å². The van der Waals surface area contributed by atoms with Crippen molar-refractivity contribution >= 4 is 29.2 Å². The molecule has 2 aliphatic rings. The van der Waals surface area contributed by atoms with Crippen LogP contribution in [-0.4, -0.2) is 41.4 Å². The number of likely N-dealkylation sites (tertiary alicyclic amines) is 1. The van der Waals surface area contributed by atoms with E-state index in [2.05, 4.69) is 44.7 Å². The van der Waals surface area contributed by atoms with Crippen LogP contribution in [-0.2, 0) is 12.7 Å². The molecule has 2 aromatic rings. The van der Waals surface area contributed by atoms with Crippen LogP contribution in [0.15, 0.2) is 53.6 Å². The summed E-state index contributed by atoms with van der Waals surface area (Å²) >= 11 is 4.61. The fourth-order valence-corrected chi connectivity index (χ4v) is 4.38. The number of hydrogen-bond acceptors (Lipinski definition) is 4. The summed E-state index contributed by atoms with van der Waals surface area (Å²) in [6, 6.07) is 15.2. The monoisotopic (exact) mass is 433 g/mol. The van der Waals surface area contributed by atoms with E-state index in [0.717, 1.165) is 32.3 Å². The SMILES string of the molecule is NC(=S)NN=Cc1ccc(N2CC3CC2CN3Cc2ccccc2)cc1C(F)(F)F. The second kappa shape index (κ2) is 8.23. The van der Waals surface area contributed by atoms with Gasteiger partial charge in [0.25, 0.3) is 0 Å². The summed E-state index contributed by atoms with van der Waals surface area (Å²) in [7, 11) is 0. The van der Waals surface area contributed by atoms with Crippen molar-refractivity contribution in [1.82, 2.24) is 10.3 Å². The molecule has 2 atom stereocenters. The van der Waals surface area contributed by atoms with E-state index in [1.165, 1.54) is 17.7 Å². The minimum Gasteiger partial charge on any atom is -0.375 e. The van der Waals surface area contributed by atoms with Crippen LogP contribution in [0, 0.1) is 0 Å². The van der Waals surface area contributed by atoms with Gasteiger partial charge in [0.1, 0.15) is 0 Å². The molecule has 2 fully saturated rings. The van der Waals surface area contributed by atoms with Gasteiger partial charge in [0, 0.05) is 43.0 Å². The first kappa shape index (κ1) is 20.6. The molecule has 9 heteroatoms. The zero-order chi connectivity index (χ0) is 21.3. The van der Waals surface area contributed by atoms with Crippen LogP contribution in [0.2, 0.25) is 0 Å². The molecule has 3 N–H and O–H groups in total. The molecule has 2 bridgehead atoms. The predicted molar refractivity (Wildman–Crippen MR) is 115 cm³/mol. The zero-order valence-corrected chi connectivity index (χ0v) is 17.0. The molecule has 0 amide bonds. The van der Waals surface area contributed by atoms with Crippen molar-refractivity contribution in [2.45, 2.75) is 31.2 Å². The number of hydrogen-bond donors (Lipinski definition) is 2. The van der Waals surface area contributed by atoms with E-state index in [1.54, 1.807) is 6.07 Å². The highest BCUT2D eigenvalue weighted by molar-refractivity contribution is 7.80. The lowest BCUT2D eigenvalue weighted by Crippen LogP contribution is -2.46. The summed E-state index contributed by atoms with van der Waals surface area (Å²) in [5.74, 6) is 0. The van der Waals surface area contributed by atoms with Crippen LogP contribution >= 0.6 is 12.2 Å². The fraction of sp³-hybridized carbons (Fsp3) is 0.333. The van der Waals surface area contributed by atoms with Crippen molar-refractivity contribution in [3.8, 4) is 0 Å². The second-order valence-corrected chi connectivity index (χ2v) is 8.05. The molecule has 2 unspecified atom stereocenters. The van der Waals surface area contributed by atoms with Gasteiger partial charge in [-0.2, -0.15) is 18.3 Å². The van der Waals surface area contributed by atoms with Gasteiger partial charge in [-0.3, -0.25) is 10.3 Å². The number of rotatable bonds is 5. The molecular weight excluding hydrogens is 411 g/mol. The second-order valence-electron chi connectivity index (χ2n) is 7.61. The molecule has 2 aliphatic heterocycles. The number of anilines is 1. The molecule has 158 valence electrons. The number of thiocarbonyl (C=S) groups is 1. The predicted octanol–water partition coefficient (Wildman–Crippen LogP) is 3.34. The lowest BCUT2D eigenvalue weighted by atomic mass is 10.1. The molecule has 0 radical (unpaired) electrons. The van der Waals surface area contributed by atoms with Crippen LogP contribution in [0.25, 0.3) is 0 Å². The molecule has 0 saturated carbocycles. The third kappa shape index (κ3) is 4.41. The van der Waals surface area contributed by atoms with E-state index in [0.29, 0.717) is 11.7 Å². The highest BCUT2D eigenvalue weighted by Crippen LogP contribution is 2.39. The number of piperazine rings is 1. The van der Waals surface area contributed by atoms with Gasteiger partial charge >= 0.3 is 6.18 Å². The third-order valence-electron chi connectivity index (χ3n) is 5.63. The molecule has 2 saturated heterocycles. The first-order valence-corrected chi connectivity index (χ1v) is 10.1. The van der Waals surface area contributed by atoms with Crippen LogP contribution in [0.1, 0.15) is 23.1 Å². The van der Waals surface area contributed by atoms with Gasteiger partial charge in [0.2, 0.25) is 0 Å².